The molecular formula is C20H19FN2O4. The van der Waals surface area contributed by atoms with E-state index < -0.39 is 17.3 Å². The van der Waals surface area contributed by atoms with Crippen LogP contribution >= 0.6 is 0 Å². The van der Waals surface area contributed by atoms with Crippen molar-refractivity contribution >= 4 is 16.8 Å². The third-order valence-corrected chi connectivity index (χ3v) is 4.20. The van der Waals surface area contributed by atoms with Gasteiger partial charge in [0, 0.05) is 6.54 Å². The summed E-state index contributed by atoms with van der Waals surface area (Å²) in [5.74, 6) is 0.303. The summed E-state index contributed by atoms with van der Waals surface area (Å²) in [6.07, 6.45) is 0.558. The molecule has 0 saturated heterocycles. The van der Waals surface area contributed by atoms with Gasteiger partial charge in [0.2, 0.25) is 0 Å². The quantitative estimate of drug-likeness (QED) is 0.699. The van der Waals surface area contributed by atoms with E-state index in [4.69, 9.17) is 9.47 Å². The normalized spacial score (nSPS) is 10.6. The molecule has 2 aromatic carbocycles. The SMILES string of the molecule is COc1ccc(CCNC(=O)c2cc3ccc(F)cc3[nH]c2=O)cc1OC. The molecule has 0 aliphatic rings. The fourth-order valence-corrected chi connectivity index (χ4v) is 2.79. The number of H-pyrrole nitrogens is 1. The lowest BCUT2D eigenvalue weighted by molar-refractivity contribution is 0.0953. The Labute approximate surface area is 154 Å². The Morgan fingerprint density at radius 1 is 1.07 bits per heavy atom. The van der Waals surface area contributed by atoms with Crippen LogP contribution in [0.15, 0.2) is 47.3 Å². The summed E-state index contributed by atoms with van der Waals surface area (Å²) in [4.78, 5) is 27.0. The molecule has 0 fully saturated rings. The van der Waals surface area contributed by atoms with Crippen molar-refractivity contribution in [1.29, 1.82) is 0 Å². The fourth-order valence-electron chi connectivity index (χ4n) is 2.79. The molecule has 1 heterocycles. The number of benzene rings is 2. The van der Waals surface area contributed by atoms with Crippen LogP contribution in [-0.2, 0) is 6.42 Å². The molecule has 0 saturated carbocycles. The predicted octanol–water partition coefficient (Wildman–Crippen LogP) is 2.66. The van der Waals surface area contributed by atoms with Gasteiger partial charge in [0.05, 0.1) is 19.7 Å². The number of amides is 1. The molecule has 0 atom stereocenters. The Morgan fingerprint density at radius 3 is 2.59 bits per heavy atom. The number of methoxy groups -OCH3 is 2. The minimum atomic E-state index is -0.559. The van der Waals surface area contributed by atoms with Gasteiger partial charge in [-0.3, -0.25) is 9.59 Å². The zero-order valence-corrected chi connectivity index (χ0v) is 15.0. The first-order chi connectivity index (χ1) is 13.0. The van der Waals surface area contributed by atoms with Crippen molar-refractivity contribution in [2.75, 3.05) is 20.8 Å². The van der Waals surface area contributed by atoms with Gasteiger partial charge in [-0.25, -0.2) is 4.39 Å². The highest BCUT2D eigenvalue weighted by Gasteiger charge is 2.12. The largest absolute Gasteiger partial charge is 0.493 e. The summed E-state index contributed by atoms with van der Waals surface area (Å²) in [6.45, 7) is 0.342. The molecule has 1 amide bonds. The van der Waals surface area contributed by atoms with E-state index in [-0.39, 0.29) is 5.56 Å². The van der Waals surface area contributed by atoms with Crippen molar-refractivity contribution in [3.63, 3.8) is 0 Å². The van der Waals surface area contributed by atoms with Gasteiger partial charge in [-0.1, -0.05) is 6.07 Å². The average molecular weight is 370 g/mol. The van der Waals surface area contributed by atoms with Gasteiger partial charge in [0.1, 0.15) is 11.4 Å². The maximum atomic E-state index is 13.2. The molecule has 0 bridgehead atoms. The number of carbonyl (C=O) groups is 1. The van der Waals surface area contributed by atoms with E-state index in [0.717, 1.165) is 5.56 Å². The molecule has 3 rings (SSSR count). The van der Waals surface area contributed by atoms with Crippen LogP contribution in [0.1, 0.15) is 15.9 Å². The Balaban J connectivity index is 1.69. The van der Waals surface area contributed by atoms with Crippen LogP contribution in [0, 0.1) is 5.82 Å². The van der Waals surface area contributed by atoms with E-state index in [0.29, 0.717) is 35.4 Å². The van der Waals surface area contributed by atoms with Gasteiger partial charge < -0.3 is 19.8 Å². The van der Waals surface area contributed by atoms with Crippen LogP contribution in [-0.4, -0.2) is 31.7 Å². The Bertz CT molecular complexity index is 1050. The second-order valence-electron chi connectivity index (χ2n) is 5.94. The van der Waals surface area contributed by atoms with Crippen molar-refractivity contribution < 1.29 is 18.7 Å². The van der Waals surface area contributed by atoms with Crippen molar-refractivity contribution in [3.05, 3.63) is 69.8 Å². The van der Waals surface area contributed by atoms with Gasteiger partial charge in [0.25, 0.3) is 11.5 Å². The molecular weight excluding hydrogens is 351 g/mol. The molecule has 140 valence electrons. The number of hydrogen-bond acceptors (Lipinski definition) is 4. The van der Waals surface area contributed by atoms with Gasteiger partial charge in [0.15, 0.2) is 11.5 Å². The van der Waals surface area contributed by atoms with Crippen LogP contribution in [0.5, 0.6) is 11.5 Å². The zero-order valence-electron chi connectivity index (χ0n) is 15.0. The Kier molecular flexibility index (Phi) is 5.40. The van der Waals surface area contributed by atoms with Gasteiger partial charge >= 0.3 is 0 Å². The van der Waals surface area contributed by atoms with Crippen LogP contribution in [0.3, 0.4) is 0 Å². The zero-order chi connectivity index (χ0) is 19.4. The lowest BCUT2D eigenvalue weighted by Gasteiger charge is -2.10. The molecule has 0 aliphatic heterocycles. The maximum absolute atomic E-state index is 13.2. The van der Waals surface area contributed by atoms with Crippen LogP contribution in [0.25, 0.3) is 10.9 Å². The van der Waals surface area contributed by atoms with Crippen LogP contribution in [0.4, 0.5) is 4.39 Å². The van der Waals surface area contributed by atoms with E-state index in [1.165, 1.54) is 24.3 Å². The van der Waals surface area contributed by atoms with E-state index in [1.807, 2.05) is 12.1 Å². The monoisotopic (exact) mass is 370 g/mol. The minimum absolute atomic E-state index is 0.0126. The molecule has 2 N–H and O–H groups in total. The number of nitrogens with one attached hydrogen (secondary N) is 2. The van der Waals surface area contributed by atoms with E-state index in [9.17, 15) is 14.0 Å². The molecule has 0 radical (unpaired) electrons. The van der Waals surface area contributed by atoms with Crippen molar-refractivity contribution in [1.82, 2.24) is 10.3 Å². The predicted molar refractivity (Wildman–Crippen MR) is 100 cm³/mol. The summed E-state index contributed by atoms with van der Waals surface area (Å²) in [7, 11) is 3.12. The van der Waals surface area contributed by atoms with Crippen molar-refractivity contribution in [3.8, 4) is 11.5 Å². The average Bonchev–Trinajstić information content (AvgIpc) is 2.67. The first-order valence-electron chi connectivity index (χ1n) is 8.33. The van der Waals surface area contributed by atoms with E-state index >= 15 is 0 Å². The van der Waals surface area contributed by atoms with Gasteiger partial charge in [-0.2, -0.15) is 0 Å². The van der Waals surface area contributed by atoms with Crippen LogP contribution < -0.4 is 20.3 Å². The number of halogens is 1. The number of pyridine rings is 1. The third-order valence-electron chi connectivity index (χ3n) is 4.20. The first kappa shape index (κ1) is 18.4. The molecule has 0 spiro atoms. The number of rotatable bonds is 6. The van der Waals surface area contributed by atoms with E-state index in [1.54, 1.807) is 20.3 Å². The molecule has 6 nitrogen and oxygen atoms in total. The van der Waals surface area contributed by atoms with Crippen molar-refractivity contribution in [2.24, 2.45) is 0 Å². The fraction of sp³-hybridized carbons (Fsp3) is 0.200. The highest BCUT2D eigenvalue weighted by atomic mass is 19.1. The molecule has 3 aromatic rings. The van der Waals surface area contributed by atoms with Crippen LogP contribution in [0.2, 0.25) is 0 Å². The number of hydrogen-bond donors (Lipinski definition) is 2. The Hall–Kier alpha value is -3.35. The maximum Gasteiger partial charge on any atom is 0.261 e. The summed E-state index contributed by atoms with van der Waals surface area (Å²) in [5, 5.41) is 3.31. The third kappa shape index (κ3) is 4.08. The van der Waals surface area contributed by atoms with Crippen molar-refractivity contribution in [2.45, 2.75) is 6.42 Å². The smallest absolute Gasteiger partial charge is 0.261 e. The summed E-state index contributed by atoms with van der Waals surface area (Å²) >= 11 is 0. The summed E-state index contributed by atoms with van der Waals surface area (Å²) in [6, 6.07) is 11.0. The summed E-state index contributed by atoms with van der Waals surface area (Å²) < 4.78 is 23.7. The number of aromatic nitrogens is 1. The molecule has 27 heavy (non-hydrogen) atoms. The summed E-state index contributed by atoms with van der Waals surface area (Å²) in [5.41, 5.74) is 0.732. The van der Waals surface area contributed by atoms with Gasteiger partial charge in [-0.05, 0) is 53.8 Å². The van der Waals surface area contributed by atoms with Gasteiger partial charge in [-0.15, -0.1) is 0 Å². The topological polar surface area (TPSA) is 80.4 Å². The molecule has 7 heteroatoms. The standard InChI is InChI=1S/C20H19FN2O4/c1-26-17-6-3-12(9-18(17)27-2)7-8-22-19(24)15-10-13-4-5-14(21)11-16(13)23-20(15)25/h3-6,9-11H,7-8H2,1-2H3,(H,22,24)(H,23,25). The minimum Gasteiger partial charge on any atom is -0.493 e. The number of carbonyl (C=O) groups excluding carboxylic acids is 1. The molecule has 0 aliphatic carbocycles. The highest BCUT2D eigenvalue weighted by molar-refractivity contribution is 5.97. The first-order valence-corrected chi connectivity index (χ1v) is 8.33. The second-order valence-corrected chi connectivity index (χ2v) is 5.94. The Morgan fingerprint density at radius 2 is 1.85 bits per heavy atom. The lowest BCUT2D eigenvalue weighted by Crippen LogP contribution is -2.31. The second kappa shape index (κ2) is 7.90. The molecule has 1 aromatic heterocycles. The highest BCUT2D eigenvalue weighted by Crippen LogP contribution is 2.27. The number of aromatic amines is 1. The number of fused-ring (bicyclic) bond motifs is 1. The van der Waals surface area contributed by atoms with E-state index in [2.05, 4.69) is 10.3 Å². The lowest BCUT2D eigenvalue weighted by atomic mass is 10.1. The number of ether oxygens (including phenoxy) is 2. The molecule has 0 unspecified atom stereocenters.